The average molecular weight is 437 g/mol. The molecule has 0 radical (unpaired) electrons. The maximum absolute atomic E-state index is 5.42. The minimum Gasteiger partial charge on any atom is -0.379 e. The van der Waals surface area contributed by atoms with Gasteiger partial charge in [-0.3, -0.25) is 9.89 Å². The first-order valence-corrected chi connectivity index (χ1v) is 7.63. The van der Waals surface area contributed by atoms with E-state index < -0.39 is 0 Å². The Morgan fingerprint density at radius 1 is 1.35 bits per heavy atom. The molecular weight excluding hydrogens is 409 g/mol. The van der Waals surface area contributed by atoms with Crippen LogP contribution in [0.4, 0.5) is 0 Å². The third-order valence-corrected chi connectivity index (χ3v) is 4.00. The van der Waals surface area contributed by atoms with E-state index in [0.29, 0.717) is 6.54 Å². The van der Waals surface area contributed by atoms with Crippen molar-refractivity contribution >= 4 is 29.9 Å². The Labute approximate surface area is 155 Å². The second-order valence-corrected chi connectivity index (χ2v) is 6.05. The number of morpholine rings is 1. The van der Waals surface area contributed by atoms with Crippen LogP contribution in [-0.4, -0.2) is 71.1 Å². The molecule has 0 bridgehead atoms. The second-order valence-electron chi connectivity index (χ2n) is 6.05. The van der Waals surface area contributed by atoms with Crippen molar-refractivity contribution in [2.45, 2.75) is 25.9 Å². The Morgan fingerprint density at radius 3 is 2.61 bits per heavy atom. The molecule has 0 aromatic carbocycles. The van der Waals surface area contributed by atoms with Gasteiger partial charge in [-0.2, -0.15) is 0 Å². The Balaban J connectivity index is 0.00000264. The van der Waals surface area contributed by atoms with E-state index in [1.807, 2.05) is 11.6 Å². The third-order valence-electron chi connectivity index (χ3n) is 4.00. The van der Waals surface area contributed by atoms with E-state index in [1.165, 1.54) is 0 Å². The van der Waals surface area contributed by atoms with E-state index in [2.05, 4.69) is 44.6 Å². The number of aliphatic imine (C=N–C) groups is 1. The molecule has 0 amide bonds. The Bertz CT molecular complexity index is 497. The van der Waals surface area contributed by atoms with Crippen molar-refractivity contribution in [3.05, 3.63) is 12.2 Å². The number of aryl methyl sites for hydroxylation is 1. The van der Waals surface area contributed by atoms with Gasteiger partial charge in [0.1, 0.15) is 6.33 Å². The molecule has 1 saturated heterocycles. The molecule has 1 aromatic rings. The van der Waals surface area contributed by atoms with Crippen molar-refractivity contribution < 1.29 is 4.74 Å². The van der Waals surface area contributed by atoms with Crippen LogP contribution in [0.3, 0.4) is 0 Å². The molecule has 132 valence electrons. The zero-order chi connectivity index (χ0) is 16.0. The predicted molar refractivity (Wildman–Crippen MR) is 101 cm³/mol. The van der Waals surface area contributed by atoms with Gasteiger partial charge in [-0.1, -0.05) is 0 Å². The number of rotatable bonds is 5. The molecule has 0 atom stereocenters. The number of halogens is 1. The summed E-state index contributed by atoms with van der Waals surface area (Å²) in [5.41, 5.74) is 0.0478. The lowest BCUT2D eigenvalue weighted by atomic mass is 10.0. The zero-order valence-corrected chi connectivity index (χ0v) is 16.7. The van der Waals surface area contributed by atoms with E-state index in [0.717, 1.165) is 44.6 Å². The summed E-state index contributed by atoms with van der Waals surface area (Å²) in [6, 6.07) is 0. The zero-order valence-electron chi connectivity index (χ0n) is 14.4. The first-order valence-electron chi connectivity index (χ1n) is 7.63. The van der Waals surface area contributed by atoms with Crippen LogP contribution in [0.5, 0.6) is 0 Å². The number of aromatic nitrogens is 3. The summed E-state index contributed by atoms with van der Waals surface area (Å²) in [6.45, 7) is 9.44. The topological polar surface area (TPSA) is 79.6 Å². The van der Waals surface area contributed by atoms with Crippen LogP contribution in [-0.2, 0) is 18.3 Å². The van der Waals surface area contributed by atoms with Crippen LogP contribution in [0.25, 0.3) is 0 Å². The van der Waals surface area contributed by atoms with E-state index in [1.54, 1.807) is 13.4 Å². The highest BCUT2D eigenvalue weighted by Gasteiger charge is 2.28. The number of nitrogens with one attached hydrogen (secondary N) is 2. The van der Waals surface area contributed by atoms with Gasteiger partial charge in [0.25, 0.3) is 0 Å². The number of hydrogen-bond acceptors (Lipinski definition) is 5. The Morgan fingerprint density at radius 2 is 2.04 bits per heavy atom. The second kappa shape index (κ2) is 9.38. The van der Waals surface area contributed by atoms with Gasteiger partial charge in [-0.05, 0) is 13.8 Å². The minimum absolute atomic E-state index is 0. The van der Waals surface area contributed by atoms with Gasteiger partial charge < -0.3 is 19.9 Å². The quantitative estimate of drug-likeness (QED) is 0.390. The number of hydrogen-bond donors (Lipinski definition) is 2. The number of guanidine groups is 1. The summed E-state index contributed by atoms with van der Waals surface area (Å²) in [4.78, 5) is 6.70. The Kier molecular flexibility index (Phi) is 8.20. The van der Waals surface area contributed by atoms with Gasteiger partial charge in [0.2, 0.25) is 0 Å². The molecule has 2 N–H and O–H groups in total. The molecule has 1 aliphatic heterocycles. The van der Waals surface area contributed by atoms with E-state index in [9.17, 15) is 0 Å². The van der Waals surface area contributed by atoms with Crippen LogP contribution in [0.2, 0.25) is 0 Å². The van der Waals surface area contributed by atoms with Gasteiger partial charge in [-0.25, -0.2) is 0 Å². The largest absolute Gasteiger partial charge is 0.379 e. The highest BCUT2D eigenvalue weighted by Crippen LogP contribution is 2.14. The molecule has 23 heavy (non-hydrogen) atoms. The molecule has 1 fully saturated rings. The molecule has 2 rings (SSSR count). The highest BCUT2D eigenvalue weighted by atomic mass is 127. The minimum atomic E-state index is 0. The van der Waals surface area contributed by atoms with Crippen molar-refractivity contribution in [2.75, 3.05) is 39.9 Å². The average Bonchev–Trinajstić information content (AvgIpc) is 2.93. The monoisotopic (exact) mass is 437 g/mol. The van der Waals surface area contributed by atoms with Gasteiger partial charge in [0, 0.05) is 39.3 Å². The summed E-state index contributed by atoms with van der Waals surface area (Å²) in [6.07, 6.45) is 1.69. The fourth-order valence-corrected chi connectivity index (χ4v) is 2.43. The van der Waals surface area contributed by atoms with Crippen molar-refractivity contribution in [2.24, 2.45) is 12.0 Å². The van der Waals surface area contributed by atoms with Crippen molar-refractivity contribution in [1.29, 1.82) is 0 Å². The standard InChI is InChI=1S/C14H27N7O.HI/c1-14(2,21-5-7-22-8-6-21)10-17-13(15-3)16-9-12-19-18-11-20(12)4;/h11H,5-10H2,1-4H3,(H2,15,16,17);1H. The van der Waals surface area contributed by atoms with E-state index in [-0.39, 0.29) is 29.5 Å². The molecule has 1 aliphatic rings. The molecule has 0 aliphatic carbocycles. The summed E-state index contributed by atoms with van der Waals surface area (Å²) in [5.74, 6) is 1.64. The lowest BCUT2D eigenvalue weighted by Gasteiger charge is -2.41. The fourth-order valence-electron chi connectivity index (χ4n) is 2.43. The van der Waals surface area contributed by atoms with Crippen LogP contribution in [0.15, 0.2) is 11.3 Å². The van der Waals surface area contributed by atoms with Crippen molar-refractivity contribution in [1.82, 2.24) is 30.3 Å². The maximum atomic E-state index is 5.42. The van der Waals surface area contributed by atoms with Crippen molar-refractivity contribution in [3.8, 4) is 0 Å². The summed E-state index contributed by atoms with van der Waals surface area (Å²) in [7, 11) is 3.70. The summed E-state index contributed by atoms with van der Waals surface area (Å²) < 4.78 is 7.31. The SMILES string of the molecule is CN=C(NCc1nncn1C)NCC(C)(C)N1CCOCC1.I. The molecule has 2 heterocycles. The van der Waals surface area contributed by atoms with Crippen LogP contribution in [0, 0.1) is 0 Å². The van der Waals surface area contributed by atoms with Gasteiger partial charge in [-0.15, -0.1) is 34.2 Å². The highest BCUT2D eigenvalue weighted by molar-refractivity contribution is 14.0. The number of ether oxygens (including phenoxy) is 1. The smallest absolute Gasteiger partial charge is 0.191 e. The van der Waals surface area contributed by atoms with Gasteiger partial charge >= 0.3 is 0 Å². The molecule has 0 saturated carbocycles. The molecule has 0 spiro atoms. The van der Waals surface area contributed by atoms with E-state index >= 15 is 0 Å². The molecule has 1 aromatic heterocycles. The summed E-state index contributed by atoms with van der Waals surface area (Å²) >= 11 is 0. The van der Waals surface area contributed by atoms with Crippen LogP contribution < -0.4 is 10.6 Å². The first kappa shape index (κ1) is 20.1. The van der Waals surface area contributed by atoms with Gasteiger partial charge in [0.05, 0.1) is 19.8 Å². The molecular formula is C14H28IN7O. The van der Waals surface area contributed by atoms with Gasteiger partial charge in [0.15, 0.2) is 11.8 Å². The fraction of sp³-hybridized carbons (Fsp3) is 0.786. The van der Waals surface area contributed by atoms with Crippen molar-refractivity contribution in [3.63, 3.8) is 0 Å². The third kappa shape index (κ3) is 5.88. The van der Waals surface area contributed by atoms with E-state index in [4.69, 9.17) is 4.74 Å². The van der Waals surface area contributed by atoms with Crippen LogP contribution >= 0.6 is 24.0 Å². The normalized spacial score (nSPS) is 16.8. The Hall–Kier alpha value is -0.940. The summed E-state index contributed by atoms with van der Waals surface area (Å²) in [5, 5.41) is 14.6. The number of nitrogens with zero attached hydrogens (tertiary/aromatic N) is 5. The first-order chi connectivity index (χ1) is 10.5. The molecule has 0 unspecified atom stereocenters. The molecule has 8 nitrogen and oxygen atoms in total. The maximum Gasteiger partial charge on any atom is 0.191 e. The lowest BCUT2D eigenvalue weighted by Crippen LogP contribution is -2.56. The molecule has 9 heteroatoms. The lowest BCUT2D eigenvalue weighted by molar-refractivity contribution is -0.00834. The predicted octanol–water partition coefficient (Wildman–Crippen LogP) is 0.209. The van der Waals surface area contributed by atoms with Crippen LogP contribution in [0.1, 0.15) is 19.7 Å².